The minimum absolute atomic E-state index is 0.107. The molecule has 2 aromatic rings. The summed E-state index contributed by atoms with van der Waals surface area (Å²) in [5.41, 5.74) is 1.77. The maximum atomic E-state index is 11.9. The molecule has 108 valence electrons. The van der Waals surface area contributed by atoms with Crippen molar-refractivity contribution in [3.05, 3.63) is 70.0 Å². The maximum absolute atomic E-state index is 11.9. The van der Waals surface area contributed by atoms with Crippen molar-refractivity contribution in [1.29, 1.82) is 0 Å². The van der Waals surface area contributed by atoms with Gasteiger partial charge in [0.2, 0.25) is 5.91 Å². The molecule has 5 heteroatoms. The first-order valence-electron chi connectivity index (χ1n) is 6.40. The van der Waals surface area contributed by atoms with Crippen molar-refractivity contribution in [2.24, 2.45) is 0 Å². The van der Waals surface area contributed by atoms with Crippen LogP contribution in [0.3, 0.4) is 0 Å². The molecule has 0 aliphatic carbocycles. The van der Waals surface area contributed by atoms with E-state index in [0.29, 0.717) is 10.0 Å². The van der Waals surface area contributed by atoms with Crippen molar-refractivity contribution in [2.45, 2.75) is 13.0 Å². The van der Waals surface area contributed by atoms with Crippen molar-refractivity contribution in [3.63, 3.8) is 0 Å². The number of halogens is 2. The molecule has 0 saturated carbocycles. The van der Waals surface area contributed by atoms with Crippen molar-refractivity contribution in [2.75, 3.05) is 0 Å². The van der Waals surface area contributed by atoms with Gasteiger partial charge in [-0.25, -0.2) is 0 Å². The summed E-state index contributed by atoms with van der Waals surface area (Å²) < 4.78 is 0. The second-order valence-corrected chi connectivity index (χ2v) is 5.34. The van der Waals surface area contributed by atoms with Gasteiger partial charge in [-0.2, -0.15) is 0 Å². The van der Waals surface area contributed by atoms with E-state index in [1.807, 2.05) is 19.1 Å². The number of pyridine rings is 1. The Hall–Kier alpha value is -1.84. The second kappa shape index (κ2) is 7.25. The number of hydrogen-bond donors (Lipinski definition) is 1. The van der Waals surface area contributed by atoms with Crippen molar-refractivity contribution in [1.82, 2.24) is 10.3 Å². The SMILES string of the molecule is CC(NC(=O)/C=C/c1ccc(Cl)c(Cl)c1)c1cccnc1. The summed E-state index contributed by atoms with van der Waals surface area (Å²) in [7, 11) is 0. The molecule has 1 atom stereocenters. The fourth-order valence-corrected chi connectivity index (χ4v) is 2.07. The Balaban J connectivity index is 1.98. The van der Waals surface area contributed by atoms with Crippen LogP contribution in [-0.2, 0) is 4.79 Å². The summed E-state index contributed by atoms with van der Waals surface area (Å²) >= 11 is 11.8. The van der Waals surface area contributed by atoms with E-state index in [1.165, 1.54) is 6.08 Å². The minimum Gasteiger partial charge on any atom is -0.346 e. The highest BCUT2D eigenvalue weighted by Crippen LogP contribution is 2.23. The first-order chi connectivity index (χ1) is 10.1. The lowest BCUT2D eigenvalue weighted by Gasteiger charge is -2.11. The number of benzene rings is 1. The molecule has 0 bridgehead atoms. The Bertz CT molecular complexity index is 657. The van der Waals surface area contributed by atoms with E-state index in [0.717, 1.165) is 11.1 Å². The third-order valence-electron chi connectivity index (χ3n) is 2.91. The zero-order valence-corrected chi connectivity index (χ0v) is 12.9. The quantitative estimate of drug-likeness (QED) is 0.854. The highest BCUT2D eigenvalue weighted by molar-refractivity contribution is 6.42. The smallest absolute Gasteiger partial charge is 0.244 e. The molecular formula is C16H14Cl2N2O. The van der Waals surface area contributed by atoms with Crippen molar-refractivity contribution < 1.29 is 4.79 Å². The van der Waals surface area contributed by atoms with Crippen LogP contribution in [-0.4, -0.2) is 10.9 Å². The first-order valence-corrected chi connectivity index (χ1v) is 7.15. The number of nitrogens with zero attached hydrogens (tertiary/aromatic N) is 1. The topological polar surface area (TPSA) is 42.0 Å². The third kappa shape index (κ3) is 4.59. The average molecular weight is 321 g/mol. The molecule has 1 unspecified atom stereocenters. The summed E-state index contributed by atoms with van der Waals surface area (Å²) in [5, 5.41) is 3.82. The van der Waals surface area contributed by atoms with E-state index in [4.69, 9.17) is 23.2 Å². The van der Waals surface area contributed by atoms with Gasteiger partial charge in [0.15, 0.2) is 0 Å². The zero-order valence-electron chi connectivity index (χ0n) is 11.4. The maximum Gasteiger partial charge on any atom is 0.244 e. The minimum atomic E-state index is -0.183. The number of hydrogen-bond acceptors (Lipinski definition) is 2. The summed E-state index contributed by atoms with van der Waals surface area (Å²) in [4.78, 5) is 15.9. The predicted octanol–water partition coefficient (Wildman–Crippen LogP) is 4.28. The number of rotatable bonds is 4. The van der Waals surface area contributed by atoms with E-state index in [-0.39, 0.29) is 11.9 Å². The molecule has 0 saturated heterocycles. The van der Waals surface area contributed by atoms with Crippen LogP contribution in [0.5, 0.6) is 0 Å². The van der Waals surface area contributed by atoms with Gasteiger partial charge in [0.25, 0.3) is 0 Å². The van der Waals surface area contributed by atoms with Crippen LogP contribution in [0.2, 0.25) is 10.0 Å². The Labute approximate surface area is 133 Å². The van der Waals surface area contributed by atoms with Gasteiger partial charge in [0.1, 0.15) is 0 Å². The van der Waals surface area contributed by atoms with Crippen LogP contribution in [0.4, 0.5) is 0 Å². The molecule has 0 fully saturated rings. The lowest BCUT2D eigenvalue weighted by Crippen LogP contribution is -2.24. The van der Waals surface area contributed by atoms with Gasteiger partial charge >= 0.3 is 0 Å². The highest BCUT2D eigenvalue weighted by Gasteiger charge is 2.07. The van der Waals surface area contributed by atoms with Gasteiger partial charge < -0.3 is 5.32 Å². The number of aromatic nitrogens is 1. The molecule has 1 aromatic heterocycles. The normalized spacial score (nSPS) is 12.3. The Morgan fingerprint density at radius 1 is 1.29 bits per heavy atom. The van der Waals surface area contributed by atoms with Gasteiger partial charge in [0.05, 0.1) is 16.1 Å². The molecule has 0 spiro atoms. The van der Waals surface area contributed by atoms with Crippen LogP contribution in [0.15, 0.2) is 48.8 Å². The summed E-state index contributed by atoms with van der Waals surface area (Å²) in [5.74, 6) is -0.183. The van der Waals surface area contributed by atoms with Crippen LogP contribution < -0.4 is 5.32 Å². The van der Waals surface area contributed by atoms with Crippen molar-refractivity contribution >= 4 is 35.2 Å². The summed E-state index contributed by atoms with van der Waals surface area (Å²) in [6, 6.07) is 8.84. The number of amides is 1. The van der Waals surface area contributed by atoms with Gasteiger partial charge in [-0.15, -0.1) is 0 Å². The first kappa shape index (κ1) is 15.5. The lowest BCUT2D eigenvalue weighted by atomic mass is 10.1. The monoisotopic (exact) mass is 320 g/mol. The second-order valence-electron chi connectivity index (χ2n) is 4.52. The van der Waals surface area contributed by atoms with Crippen LogP contribution in [0.25, 0.3) is 6.08 Å². The largest absolute Gasteiger partial charge is 0.346 e. The standard InChI is InChI=1S/C16H14Cl2N2O/c1-11(13-3-2-8-19-10-13)20-16(21)7-5-12-4-6-14(17)15(18)9-12/h2-11H,1H3,(H,20,21)/b7-5+. The Morgan fingerprint density at radius 3 is 2.76 bits per heavy atom. The van der Waals surface area contributed by atoms with Gasteiger partial charge in [0, 0.05) is 18.5 Å². The Morgan fingerprint density at radius 2 is 2.10 bits per heavy atom. The number of carbonyl (C=O) groups is 1. The van der Waals surface area contributed by atoms with E-state index in [9.17, 15) is 4.79 Å². The molecule has 2 rings (SSSR count). The van der Waals surface area contributed by atoms with Crippen molar-refractivity contribution in [3.8, 4) is 0 Å². The van der Waals surface area contributed by atoms with E-state index in [2.05, 4.69) is 10.3 Å². The molecule has 0 aliphatic rings. The summed E-state index contributed by atoms with van der Waals surface area (Å²) in [6.45, 7) is 1.90. The van der Waals surface area contributed by atoms with Crippen LogP contribution in [0, 0.1) is 0 Å². The van der Waals surface area contributed by atoms with E-state index >= 15 is 0 Å². The number of nitrogens with one attached hydrogen (secondary N) is 1. The van der Waals surface area contributed by atoms with Crippen LogP contribution >= 0.6 is 23.2 Å². The number of carbonyl (C=O) groups excluding carboxylic acids is 1. The predicted molar refractivity (Wildman–Crippen MR) is 86.3 cm³/mol. The van der Waals surface area contributed by atoms with Crippen LogP contribution in [0.1, 0.15) is 24.1 Å². The molecule has 1 heterocycles. The molecule has 1 aromatic carbocycles. The molecule has 21 heavy (non-hydrogen) atoms. The molecular weight excluding hydrogens is 307 g/mol. The molecule has 0 radical (unpaired) electrons. The molecule has 0 aliphatic heterocycles. The molecule has 3 nitrogen and oxygen atoms in total. The Kier molecular flexibility index (Phi) is 5.37. The summed E-state index contributed by atoms with van der Waals surface area (Å²) in [6.07, 6.45) is 6.58. The average Bonchev–Trinajstić information content (AvgIpc) is 2.49. The lowest BCUT2D eigenvalue weighted by molar-refractivity contribution is -0.117. The van der Waals surface area contributed by atoms with E-state index < -0.39 is 0 Å². The van der Waals surface area contributed by atoms with E-state index in [1.54, 1.807) is 36.7 Å². The van der Waals surface area contributed by atoms with Gasteiger partial charge in [-0.1, -0.05) is 35.3 Å². The zero-order chi connectivity index (χ0) is 15.2. The molecule has 1 N–H and O–H groups in total. The fourth-order valence-electron chi connectivity index (χ4n) is 1.76. The van der Waals surface area contributed by atoms with Gasteiger partial charge in [-0.05, 0) is 42.3 Å². The molecule has 1 amide bonds. The van der Waals surface area contributed by atoms with Gasteiger partial charge in [-0.3, -0.25) is 9.78 Å². The highest BCUT2D eigenvalue weighted by atomic mass is 35.5. The fraction of sp³-hybridized carbons (Fsp3) is 0.125. The third-order valence-corrected chi connectivity index (χ3v) is 3.65.